The Balaban J connectivity index is 4.25. The molecule has 2 nitrogen and oxygen atoms in total. The first kappa shape index (κ1) is 10.8. The molecule has 0 radical (unpaired) electrons. The molecule has 3 heteroatoms. The molecule has 2 N–H and O–H groups in total. The molecule has 0 rings (SSSR count). The van der Waals surface area contributed by atoms with Crippen molar-refractivity contribution in [3.05, 3.63) is 0 Å². The van der Waals surface area contributed by atoms with Crippen LogP contribution in [0, 0.1) is 5.41 Å². The van der Waals surface area contributed by atoms with Gasteiger partial charge in [0.2, 0.25) is 5.91 Å². The highest BCUT2D eigenvalue weighted by molar-refractivity contribution is 7.81. The first-order valence-corrected chi connectivity index (χ1v) is 4.12. The van der Waals surface area contributed by atoms with Crippen LogP contribution in [0.2, 0.25) is 0 Å². The predicted octanol–water partition coefficient (Wildman–Crippen LogP) is 1.60. The van der Waals surface area contributed by atoms with E-state index in [9.17, 15) is 4.79 Å². The summed E-state index contributed by atoms with van der Waals surface area (Å²) in [6.07, 6.45) is 0.693. The van der Waals surface area contributed by atoms with Crippen LogP contribution < -0.4 is 5.73 Å². The summed E-state index contributed by atoms with van der Waals surface area (Å²) in [5, 5.41) is 0. The maximum Gasteiger partial charge on any atom is 0.223 e. The minimum atomic E-state index is -0.453. The lowest BCUT2D eigenvalue weighted by Gasteiger charge is -2.28. The topological polar surface area (TPSA) is 43.1 Å². The van der Waals surface area contributed by atoms with Crippen molar-refractivity contribution in [1.29, 1.82) is 0 Å². The van der Waals surface area contributed by atoms with Crippen LogP contribution in [0.4, 0.5) is 0 Å². The van der Waals surface area contributed by atoms with Crippen molar-refractivity contribution in [2.24, 2.45) is 11.1 Å². The second kappa shape index (κ2) is 3.05. The van der Waals surface area contributed by atoms with Gasteiger partial charge in [0.25, 0.3) is 0 Å². The van der Waals surface area contributed by atoms with E-state index in [1.807, 2.05) is 27.7 Å². The number of hydrogen-bond acceptors (Lipinski definition) is 2. The zero-order valence-electron chi connectivity index (χ0n) is 7.64. The van der Waals surface area contributed by atoms with Gasteiger partial charge in [0.1, 0.15) is 0 Å². The van der Waals surface area contributed by atoms with E-state index in [1.165, 1.54) is 0 Å². The molecule has 0 aromatic carbocycles. The van der Waals surface area contributed by atoms with E-state index >= 15 is 0 Å². The molecule has 0 fully saturated rings. The molecule has 0 aromatic rings. The van der Waals surface area contributed by atoms with Gasteiger partial charge < -0.3 is 5.73 Å². The summed E-state index contributed by atoms with van der Waals surface area (Å²) in [6, 6.07) is 0. The molecule has 0 atom stereocenters. The summed E-state index contributed by atoms with van der Waals surface area (Å²) in [5.74, 6) is -0.264. The molecule has 11 heavy (non-hydrogen) atoms. The van der Waals surface area contributed by atoms with Crippen LogP contribution in [-0.4, -0.2) is 10.7 Å². The molecule has 0 bridgehead atoms. The number of primary amides is 1. The molecule has 0 spiro atoms. The zero-order valence-corrected chi connectivity index (χ0v) is 8.53. The van der Waals surface area contributed by atoms with E-state index in [0.29, 0.717) is 6.42 Å². The Morgan fingerprint density at radius 2 is 1.73 bits per heavy atom. The van der Waals surface area contributed by atoms with Gasteiger partial charge in [0, 0.05) is 10.2 Å². The number of carbonyl (C=O) groups excluding carboxylic acids is 1. The maximum absolute atomic E-state index is 10.9. The average Bonchev–Trinajstić information content (AvgIpc) is 1.56. The SMILES string of the molecule is CC(C)(S)CC(C)(C)C(N)=O. The van der Waals surface area contributed by atoms with Gasteiger partial charge in [-0.2, -0.15) is 12.6 Å². The highest BCUT2D eigenvalue weighted by Gasteiger charge is 2.30. The van der Waals surface area contributed by atoms with Crippen molar-refractivity contribution in [3.63, 3.8) is 0 Å². The Morgan fingerprint density at radius 1 is 1.36 bits per heavy atom. The van der Waals surface area contributed by atoms with Crippen LogP contribution in [0.1, 0.15) is 34.1 Å². The van der Waals surface area contributed by atoms with Crippen molar-refractivity contribution < 1.29 is 4.79 Å². The van der Waals surface area contributed by atoms with E-state index in [2.05, 4.69) is 12.6 Å². The fourth-order valence-electron chi connectivity index (χ4n) is 1.17. The monoisotopic (exact) mass is 175 g/mol. The van der Waals surface area contributed by atoms with Crippen LogP contribution in [0.25, 0.3) is 0 Å². The second-order valence-corrected chi connectivity index (χ2v) is 5.45. The Labute approximate surface area is 74.0 Å². The van der Waals surface area contributed by atoms with Gasteiger partial charge in [-0.25, -0.2) is 0 Å². The van der Waals surface area contributed by atoms with Gasteiger partial charge in [-0.3, -0.25) is 4.79 Å². The summed E-state index contributed by atoms with van der Waals surface area (Å²) >= 11 is 4.33. The van der Waals surface area contributed by atoms with Crippen molar-refractivity contribution in [3.8, 4) is 0 Å². The molecular formula is C8H17NOS. The third-order valence-corrected chi connectivity index (χ3v) is 1.70. The van der Waals surface area contributed by atoms with E-state index in [-0.39, 0.29) is 10.7 Å². The molecule has 1 amide bonds. The minimum absolute atomic E-state index is 0.140. The van der Waals surface area contributed by atoms with Crippen molar-refractivity contribution in [2.45, 2.75) is 38.9 Å². The van der Waals surface area contributed by atoms with Gasteiger partial charge in [0.15, 0.2) is 0 Å². The van der Waals surface area contributed by atoms with Crippen molar-refractivity contribution >= 4 is 18.5 Å². The van der Waals surface area contributed by atoms with Crippen LogP contribution in [0.5, 0.6) is 0 Å². The zero-order chi connectivity index (χ0) is 9.28. The van der Waals surface area contributed by atoms with Crippen LogP contribution in [-0.2, 0) is 4.79 Å². The van der Waals surface area contributed by atoms with Crippen molar-refractivity contribution in [1.82, 2.24) is 0 Å². The van der Waals surface area contributed by atoms with Crippen LogP contribution >= 0.6 is 12.6 Å². The lowest BCUT2D eigenvalue weighted by Crippen LogP contribution is -2.36. The number of hydrogen-bond donors (Lipinski definition) is 2. The fourth-order valence-corrected chi connectivity index (χ4v) is 1.56. The summed E-state index contributed by atoms with van der Waals surface area (Å²) < 4.78 is -0.140. The Bertz CT molecular complexity index is 158. The maximum atomic E-state index is 10.9. The summed E-state index contributed by atoms with van der Waals surface area (Å²) in [7, 11) is 0. The molecule has 0 aromatic heterocycles. The smallest absolute Gasteiger partial charge is 0.223 e. The Kier molecular flexibility index (Phi) is 3.00. The van der Waals surface area contributed by atoms with Crippen LogP contribution in [0.3, 0.4) is 0 Å². The molecule has 0 aliphatic carbocycles. The second-order valence-electron chi connectivity index (χ2n) is 4.24. The fraction of sp³-hybridized carbons (Fsp3) is 0.875. The first-order valence-electron chi connectivity index (χ1n) is 3.67. The van der Waals surface area contributed by atoms with Crippen molar-refractivity contribution in [2.75, 3.05) is 0 Å². The van der Waals surface area contributed by atoms with E-state index in [4.69, 9.17) is 5.73 Å². The standard InChI is InChI=1S/C8H17NOS/c1-7(2,6(9)10)5-8(3,4)11/h11H,5H2,1-4H3,(H2,9,10). The predicted molar refractivity (Wildman–Crippen MR) is 50.7 cm³/mol. The van der Waals surface area contributed by atoms with Gasteiger partial charge in [-0.05, 0) is 6.42 Å². The number of amides is 1. The van der Waals surface area contributed by atoms with Gasteiger partial charge in [-0.1, -0.05) is 27.7 Å². The van der Waals surface area contributed by atoms with Gasteiger partial charge >= 0.3 is 0 Å². The number of rotatable bonds is 3. The van der Waals surface area contributed by atoms with E-state index < -0.39 is 5.41 Å². The number of carbonyl (C=O) groups is 1. The highest BCUT2D eigenvalue weighted by atomic mass is 32.1. The highest BCUT2D eigenvalue weighted by Crippen LogP contribution is 2.30. The van der Waals surface area contributed by atoms with Gasteiger partial charge in [0.05, 0.1) is 0 Å². The molecule has 0 saturated carbocycles. The normalized spacial score (nSPS) is 13.2. The van der Waals surface area contributed by atoms with Crippen LogP contribution in [0.15, 0.2) is 0 Å². The molecule has 0 unspecified atom stereocenters. The lowest BCUT2D eigenvalue weighted by molar-refractivity contribution is -0.126. The van der Waals surface area contributed by atoms with Gasteiger partial charge in [-0.15, -0.1) is 0 Å². The molecule has 66 valence electrons. The quantitative estimate of drug-likeness (QED) is 0.629. The number of thiol groups is 1. The average molecular weight is 175 g/mol. The summed E-state index contributed by atoms with van der Waals surface area (Å²) in [6.45, 7) is 7.63. The molecule has 0 aliphatic rings. The van der Waals surface area contributed by atoms with E-state index in [0.717, 1.165) is 0 Å². The molecule has 0 aliphatic heterocycles. The molecule has 0 saturated heterocycles. The first-order chi connectivity index (χ1) is 4.65. The number of nitrogens with two attached hydrogens (primary N) is 1. The Morgan fingerprint density at radius 3 is 1.82 bits per heavy atom. The van der Waals surface area contributed by atoms with E-state index in [1.54, 1.807) is 0 Å². The Hall–Kier alpha value is -0.180. The minimum Gasteiger partial charge on any atom is -0.369 e. The lowest BCUT2D eigenvalue weighted by atomic mass is 9.83. The molecule has 0 heterocycles. The molecular weight excluding hydrogens is 158 g/mol. The summed E-state index contributed by atoms with van der Waals surface area (Å²) in [5.41, 5.74) is 4.75. The third-order valence-electron chi connectivity index (χ3n) is 1.54. The third kappa shape index (κ3) is 4.30. The summed E-state index contributed by atoms with van der Waals surface area (Å²) in [4.78, 5) is 10.9. The largest absolute Gasteiger partial charge is 0.369 e.